The molecule has 9 nitrogen and oxygen atoms in total. The first kappa shape index (κ1) is 18.2. The predicted molar refractivity (Wildman–Crippen MR) is 84.9 cm³/mol. The molecule has 2 rings (SSSR count). The van der Waals surface area contributed by atoms with E-state index in [1.54, 1.807) is 0 Å². The van der Waals surface area contributed by atoms with E-state index in [4.69, 9.17) is 9.47 Å². The van der Waals surface area contributed by atoms with Crippen LogP contribution < -0.4 is 10.1 Å². The number of hydrogen-bond acceptors (Lipinski definition) is 7. The maximum absolute atomic E-state index is 12.1. The van der Waals surface area contributed by atoms with Crippen molar-refractivity contribution in [1.29, 1.82) is 5.26 Å². The van der Waals surface area contributed by atoms with Gasteiger partial charge in [0.15, 0.2) is 6.61 Å². The van der Waals surface area contributed by atoms with Gasteiger partial charge < -0.3 is 14.8 Å². The van der Waals surface area contributed by atoms with E-state index in [9.17, 15) is 25.0 Å². The van der Waals surface area contributed by atoms with Crippen LogP contribution in [0.15, 0.2) is 18.2 Å². The summed E-state index contributed by atoms with van der Waals surface area (Å²) in [5, 5.41) is 22.6. The first-order chi connectivity index (χ1) is 11.9. The summed E-state index contributed by atoms with van der Waals surface area (Å²) >= 11 is 0. The third-order valence-corrected chi connectivity index (χ3v) is 4.00. The number of nitro benzene ring substituents is 1. The highest BCUT2D eigenvalue weighted by atomic mass is 16.6. The summed E-state index contributed by atoms with van der Waals surface area (Å²) in [6.07, 6.45) is 2.81. The molecule has 1 aromatic carbocycles. The number of benzene rings is 1. The second kappa shape index (κ2) is 7.61. The van der Waals surface area contributed by atoms with Crippen molar-refractivity contribution < 1.29 is 24.0 Å². The minimum atomic E-state index is -0.923. The number of ether oxygens (including phenoxy) is 2. The number of nitrogens with zero attached hydrogens (tertiary/aromatic N) is 2. The second-order valence-electron chi connectivity index (χ2n) is 5.67. The molecule has 1 amide bonds. The van der Waals surface area contributed by atoms with E-state index in [0.717, 1.165) is 18.9 Å². The van der Waals surface area contributed by atoms with Gasteiger partial charge in [0.1, 0.15) is 16.9 Å². The summed E-state index contributed by atoms with van der Waals surface area (Å²) in [6, 6.07) is 5.59. The molecule has 0 radical (unpaired) electrons. The molecule has 1 aliphatic carbocycles. The van der Waals surface area contributed by atoms with Crippen LogP contribution in [0.5, 0.6) is 5.75 Å². The van der Waals surface area contributed by atoms with Gasteiger partial charge >= 0.3 is 5.97 Å². The van der Waals surface area contributed by atoms with Gasteiger partial charge in [-0.2, -0.15) is 5.26 Å². The zero-order valence-corrected chi connectivity index (χ0v) is 13.6. The Labute approximate surface area is 143 Å². The third kappa shape index (κ3) is 4.23. The minimum absolute atomic E-state index is 0.0975. The highest BCUT2D eigenvalue weighted by Crippen LogP contribution is 2.29. The number of carbonyl (C=O) groups is 2. The van der Waals surface area contributed by atoms with E-state index >= 15 is 0 Å². The number of methoxy groups -OCH3 is 1. The standard InChI is InChI=1S/C16H17N3O6/c1-24-13-5-4-11(19(22)23)8-12(13)15(21)25-9-14(20)18-16(10-17)6-2-3-7-16/h4-5,8H,2-3,6-7,9H2,1H3,(H,18,20). The smallest absolute Gasteiger partial charge is 0.342 e. The maximum atomic E-state index is 12.1. The van der Waals surface area contributed by atoms with Gasteiger partial charge in [0, 0.05) is 12.1 Å². The van der Waals surface area contributed by atoms with Crippen LogP contribution in [-0.2, 0) is 9.53 Å². The second-order valence-corrected chi connectivity index (χ2v) is 5.67. The lowest BCUT2D eigenvalue weighted by Crippen LogP contribution is -2.46. The highest BCUT2D eigenvalue weighted by Gasteiger charge is 2.35. The molecular formula is C16H17N3O6. The lowest BCUT2D eigenvalue weighted by Gasteiger charge is -2.21. The van der Waals surface area contributed by atoms with Gasteiger partial charge in [-0.05, 0) is 31.7 Å². The third-order valence-electron chi connectivity index (χ3n) is 4.00. The van der Waals surface area contributed by atoms with Gasteiger partial charge in [0.25, 0.3) is 11.6 Å². The van der Waals surface area contributed by atoms with Crippen LogP contribution in [0.1, 0.15) is 36.0 Å². The van der Waals surface area contributed by atoms with Crippen molar-refractivity contribution in [2.45, 2.75) is 31.2 Å². The van der Waals surface area contributed by atoms with Gasteiger partial charge in [-0.15, -0.1) is 0 Å². The Hall–Kier alpha value is -3.15. The Morgan fingerprint density at radius 2 is 2.08 bits per heavy atom. The van der Waals surface area contributed by atoms with Crippen LogP contribution in [0.2, 0.25) is 0 Å². The molecule has 1 N–H and O–H groups in total. The molecule has 0 aliphatic heterocycles. The van der Waals surface area contributed by atoms with Gasteiger partial charge in [-0.3, -0.25) is 14.9 Å². The number of rotatable bonds is 6. The molecule has 1 fully saturated rings. The number of esters is 1. The number of nitrogens with one attached hydrogen (secondary N) is 1. The SMILES string of the molecule is COc1ccc([N+](=O)[O-])cc1C(=O)OCC(=O)NC1(C#N)CCCC1. The average molecular weight is 347 g/mol. The maximum Gasteiger partial charge on any atom is 0.342 e. The van der Waals surface area contributed by atoms with Crippen molar-refractivity contribution in [3.63, 3.8) is 0 Å². The zero-order valence-electron chi connectivity index (χ0n) is 13.6. The summed E-state index contributed by atoms with van der Waals surface area (Å²) in [7, 11) is 1.31. The van der Waals surface area contributed by atoms with Gasteiger partial charge in [0.2, 0.25) is 0 Å². The van der Waals surface area contributed by atoms with E-state index < -0.39 is 28.9 Å². The largest absolute Gasteiger partial charge is 0.496 e. The number of amides is 1. The summed E-state index contributed by atoms with van der Waals surface area (Å²) in [5.74, 6) is -1.42. The molecule has 0 spiro atoms. The van der Waals surface area contributed by atoms with E-state index in [1.165, 1.54) is 19.2 Å². The molecule has 0 saturated heterocycles. The average Bonchev–Trinajstić information content (AvgIpc) is 3.07. The molecular weight excluding hydrogens is 330 g/mol. The summed E-state index contributed by atoms with van der Waals surface area (Å²) in [4.78, 5) is 34.2. The first-order valence-corrected chi connectivity index (χ1v) is 7.62. The quantitative estimate of drug-likeness (QED) is 0.470. The highest BCUT2D eigenvalue weighted by molar-refractivity contribution is 5.94. The lowest BCUT2D eigenvalue weighted by molar-refractivity contribution is -0.384. The molecule has 1 aliphatic rings. The fourth-order valence-electron chi connectivity index (χ4n) is 2.72. The van der Waals surface area contributed by atoms with Crippen molar-refractivity contribution in [1.82, 2.24) is 5.32 Å². The Balaban J connectivity index is 2.02. The molecule has 1 aromatic rings. The fraction of sp³-hybridized carbons (Fsp3) is 0.438. The molecule has 9 heteroatoms. The number of non-ortho nitro benzene ring substituents is 1. The van der Waals surface area contributed by atoms with Crippen LogP contribution >= 0.6 is 0 Å². The molecule has 0 heterocycles. The molecule has 132 valence electrons. The molecule has 1 saturated carbocycles. The minimum Gasteiger partial charge on any atom is -0.496 e. The van der Waals surface area contributed by atoms with Crippen molar-refractivity contribution in [2.75, 3.05) is 13.7 Å². The zero-order chi connectivity index (χ0) is 18.4. The van der Waals surface area contributed by atoms with Crippen molar-refractivity contribution in [3.05, 3.63) is 33.9 Å². The van der Waals surface area contributed by atoms with Crippen LogP contribution in [0, 0.1) is 21.4 Å². The van der Waals surface area contributed by atoms with E-state index in [2.05, 4.69) is 11.4 Å². The Kier molecular flexibility index (Phi) is 5.54. The normalized spacial score (nSPS) is 15.0. The van der Waals surface area contributed by atoms with Crippen LogP contribution in [0.3, 0.4) is 0 Å². The summed E-state index contributed by atoms with van der Waals surface area (Å²) in [5.41, 5.74) is -1.36. The number of hydrogen-bond donors (Lipinski definition) is 1. The van der Waals surface area contributed by atoms with E-state index in [-0.39, 0.29) is 17.0 Å². The molecule has 0 unspecified atom stereocenters. The van der Waals surface area contributed by atoms with Crippen LogP contribution in [-0.4, -0.2) is 36.1 Å². The Bertz CT molecular complexity index is 734. The molecule has 25 heavy (non-hydrogen) atoms. The number of nitro groups is 1. The fourth-order valence-corrected chi connectivity index (χ4v) is 2.72. The molecule has 0 bridgehead atoms. The molecule has 0 aromatic heterocycles. The molecule has 0 atom stereocenters. The Morgan fingerprint density at radius 3 is 2.64 bits per heavy atom. The summed E-state index contributed by atoms with van der Waals surface area (Å²) in [6.45, 7) is -0.589. The van der Waals surface area contributed by atoms with Crippen molar-refractivity contribution >= 4 is 17.6 Å². The van der Waals surface area contributed by atoms with E-state index in [0.29, 0.717) is 12.8 Å². The van der Waals surface area contributed by atoms with Gasteiger partial charge in [-0.1, -0.05) is 0 Å². The monoisotopic (exact) mass is 347 g/mol. The Morgan fingerprint density at radius 1 is 1.40 bits per heavy atom. The van der Waals surface area contributed by atoms with Gasteiger partial charge in [-0.25, -0.2) is 4.79 Å². The lowest BCUT2D eigenvalue weighted by atomic mass is 10.00. The number of carbonyl (C=O) groups excluding carboxylic acids is 2. The topological polar surface area (TPSA) is 132 Å². The van der Waals surface area contributed by atoms with Crippen LogP contribution in [0.25, 0.3) is 0 Å². The van der Waals surface area contributed by atoms with Crippen molar-refractivity contribution in [2.24, 2.45) is 0 Å². The van der Waals surface area contributed by atoms with E-state index in [1.807, 2.05) is 0 Å². The first-order valence-electron chi connectivity index (χ1n) is 7.62. The summed E-state index contributed by atoms with van der Waals surface area (Å²) < 4.78 is 9.89. The van der Waals surface area contributed by atoms with Crippen LogP contribution in [0.4, 0.5) is 5.69 Å². The van der Waals surface area contributed by atoms with Gasteiger partial charge in [0.05, 0.1) is 18.1 Å². The number of nitriles is 1. The predicted octanol–water partition coefficient (Wildman–Crippen LogP) is 1.71. The van der Waals surface area contributed by atoms with Crippen molar-refractivity contribution in [3.8, 4) is 11.8 Å².